The molecule has 0 aliphatic heterocycles. The van der Waals surface area contributed by atoms with Gasteiger partial charge in [0.2, 0.25) is 5.82 Å². The van der Waals surface area contributed by atoms with Crippen molar-refractivity contribution < 1.29 is 18.8 Å². The van der Waals surface area contributed by atoms with Crippen LogP contribution in [0.5, 0.6) is 0 Å². The van der Waals surface area contributed by atoms with E-state index in [4.69, 9.17) is 0 Å². The molecule has 0 amide bonds. The van der Waals surface area contributed by atoms with E-state index in [1.54, 1.807) is 22.6 Å². The fraction of sp³-hybridized carbons (Fsp3) is 0.125. The van der Waals surface area contributed by atoms with E-state index in [0.717, 1.165) is 19.2 Å². The molecule has 0 aromatic heterocycles. The predicted octanol–water partition coefficient (Wildman–Crippen LogP) is 2.13. The van der Waals surface area contributed by atoms with Crippen molar-refractivity contribution in [3.63, 3.8) is 0 Å². The summed E-state index contributed by atoms with van der Waals surface area (Å²) < 4.78 is 17.7. The fourth-order valence-electron chi connectivity index (χ4n) is 0.944. The highest BCUT2D eigenvalue weighted by molar-refractivity contribution is 14.1. The van der Waals surface area contributed by atoms with Crippen molar-refractivity contribution in [3.05, 3.63) is 37.2 Å². The lowest BCUT2D eigenvalue weighted by Crippen LogP contribution is -2.06. The summed E-state index contributed by atoms with van der Waals surface area (Å²) in [5.74, 6) is -1.71. The van der Waals surface area contributed by atoms with E-state index in [9.17, 15) is 19.3 Å². The zero-order chi connectivity index (χ0) is 11.6. The van der Waals surface area contributed by atoms with Crippen LogP contribution < -0.4 is 0 Å². The Morgan fingerprint density at radius 1 is 1.60 bits per heavy atom. The average molecular weight is 325 g/mol. The molecule has 0 bridgehead atoms. The number of methoxy groups -OCH3 is 1. The van der Waals surface area contributed by atoms with Gasteiger partial charge < -0.3 is 4.74 Å². The molecule has 80 valence electrons. The summed E-state index contributed by atoms with van der Waals surface area (Å²) >= 11 is 1.70. The van der Waals surface area contributed by atoms with Gasteiger partial charge in [-0.05, 0) is 28.7 Å². The molecule has 0 N–H and O–H groups in total. The van der Waals surface area contributed by atoms with Gasteiger partial charge in [-0.15, -0.1) is 0 Å². The van der Waals surface area contributed by atoms with Crippen LogP contribution in [0, 0.1) is 19.5 Å². The zero-order valence-electron chi connectivity index (χ0n) is 7.49. The molecule has 15 heavy (non-hydrogen) atoms. The highest BCUT2D eigenvalue weighted by atomic mass is 127. The number of ether oxygens (including phenoxy) is 1. The van der Waals surface area contributed by atoms with E-state index in [1.165, 1.54) is 0 Å². The van der Waals surface area contributed by atoms with Crippen LogP contribution in [0.15, 0.2) is 12.1 Å². The maximum Gasteiger partial charge on any atom is 0.339 e. The molecular formula is C8H5FINO4. The summed E-state index contributed by atoms with van der Waals surface area (Å²) in [5, 5.41) is 10.4. The smallest absolute Gasteiger partial charge is 0.339 e. The second-order valence-corrected chi connectivity index (χ2v) is 3.69. The number of nitro benzene ring substituents is 1. The van der Waals surface area contributed by atoms with Crippen LogP contribution in [0.1, 0.15) is 10.4 Å². The van der Waals surface area contributed by atoms with E-state index in [2.05, 4.69) is 4.74 Å². The summed E-state index contributed by atoms with van der Waals surface area (Å²) in [6.07, 6.45) is 0. The number of carbonyl (C=O) groups is 1. The molecular weight excluding hydrogens is 320 g/mol. The molecule has 0 unspecified atom stereocenters. The van der Waals surface area contributed by atoms with Gasteiger partial charge in [0.15, 0.2) is 0 Å². The lowest BCUT2D eigenvalue weighted by molar-refractivity contribution is -0.387. The number of nitrogens with zero attached hydrogens (tertiary/aromatic N) is 1. The van der Waals surface area contributed by atoms with Crippen molar-refractivity contribution in [2.24, 2.45) is 0 Å². The monoisotopic (exact) mass is 325 g/mol. The van der Waals surface area contributed by atoms with Crippen LogP contribution in [-0.4, -0.2) is 18.0 Å². The van der Waals surface area contributed by atoms with E-state index >= 15 is 0 Å². The number of benzene rings is 1. The number of hydrogen-bond donors (Lipinski definition) is 0. The minimum Gasteiger partial charge on any atom is -0.465 e. The lowest BCUT2D eigenvalue weighted by atomic mass is 10.2. The first-order chi connectivity index (χ1) is 6.97. The van der Waals surface area contributed by atoms with Crippen molar-refractivity contribution in [3.8, 4) is 0 Å². The molecule has 0 radical (unpaired) electrons. The van der Waals surface area contributed by atoms with Crippen LogP contribution in [0.25, 0.3) is 0 Å². The first-order valence-corrected chi connectivity index (χ1v) is 4.77. The number of nitro groups is 1. The SMILES string of the molecule is COC(=O)c1cc([N+](=O)[O-])c(F)cc1I. The number of carbonyl (C=O) groups excluding carboxylic acids is 1. The van der Waals surface area contributed by atoms with Crippen LogP contribution in [0.3, 0.4) is 0 Å². The maximum atomic E-state index is 13.0. The molecule has 0 fully saturated rings. The van der Waals surface area contributed by atoms with E-state index in [0.29, 0.717) is 0 Å². The Hall–Kier alpha value is -1.25. The van der Waals surface area contributed by atoms with Crippen molar-refractivity contribution in [2.75, 3.05) is 7.11 Å². The van der Waals surface area contributed by atoms with Crippen molar-refractivity contribution >= 4 is 34.2 Å². The van der Waals surface area contributed by atoms with Gasteiger partial charge in [-0.2, -0.15) is 4.39 Å². The Bertz CT molecular complexity index is 435. The van der Waals surface area contributed by atoms with Crippen molar-refractivity contribution in [2.45, 2.75) is 0 Å². The maximum absolute atomic E-state index is 13.0. The molecule has 5 nitrogen and oxygen atoms in total. The number of hydrogen-bond acceptors (Lipinski definition) is 4. The Morgan fingerprint density at radius 2 is 2.20 bits per heavy atom. The Labute approximate surface area is 97.5 Å². The molecule has 1 aromatic carbocycles. The summed E-state index contributed by atoms with van der Waals surface area (Å²) in [5.41, 5.74) is -0.762. The molecule has 0 saturated heterocycles. The molecule has 0 aliphatic rings. The van der Waals surface area contributed by atoms with Crippen molar-refractivity contribution in [1.82, 2.24) is 0 Å². The predicted molar refractivity (Wildman–Crippen MR) is 57.1 cm³/mol. The van der Waals surface area contributed by atoms with Gasteiger partial charge >= 0.3 is 11.7 Å². The highest BCUT2D eigenvalue weighted by Crippen LogP contribution is 2.23. The number of esters is 1. The summed E-state index contributed by atoms with van der Waals surface area (Å²) in [7, 11) is 1.15. The third-order valence-electron chi connectivity index (χ3n) is 1.64. The molecule has 0 saturated carbocycles. The quantitative estimate of drug-likeness (QED) is 0.361. The van der Waals surface area contributed by atoms with Crippen LogP contribution in [-0.2, 0) is 4.74 Å². The van der Waals surface area contributed by atoms with Gasteiger partial charge in [-0.25, -0.2) is 4.79 Å². The molecule has 1 rings (SSSR count). The zero-order valence-corrected chi connectivity index (χ0v) is 9.65. The standard InChI is InChI=1S/C8H5FINO4/c1-15-8(12)4-2-7(11(13)14)5(9)3-6(4)10/h2-3H,1H3. The van der Waals surface area contributed by atoms with E-state index < -0.39 is 22.4 Å². The number of rotatable bonds is 2. The minimum absolute atomic E-state index is 0.0220. The largest absolute Gasteiger partial charge is 0.465 e. The van der Waals surface area contributed by atoms with Crippen LogP contribution >= 0.6 is 22.6 Å². The fourth-order valence-corrected chi connectivity index (χ4v) is 1.59. The van der Waals surface area contributed by atoms with E-state index in [-0.39, 0.29) is 9.13 Å². The minimum atomic E-state index is -0.975. The van der Waals surface area contributed by atoms with Gasteiger partial charge in [0.05, 0.1) is 17.6 Å². The van der Waals surface area contributed by atoms with Gasteiger partial charge in [-0.1, -0.05) is 0 Å². The molecule has 1 aromatic rings. The second-order valence-electron chi connectivity index (χ2n) is 2.53. The van der Waals surface area contributed by atoms with Gasteiger partial charge in [0.25, 0.3) is 0 Å². The van der Waals surface area contributed by atoms with Gasteiger partial charge in [-0.3, -0.25) is 10.1 Å². The summed E-state index contributed by atoms with van der Waals surface area (Å²) in [6, 6.07) is 1.79. The molecule has 7 heteroatoms. The van der Waals surface area contributed by atoms with E-state index in [1.807, 2.05) is 0 Å². The Morgan fingerprint density at radius 3 is 2.67 bits per heavy atom. The van der Waals surface area contributed by atoms with Crippen LogP contribution in [0.2, 0.25) is 0 Å². The van der Waals surface area contributed by atoms with Crippen LogP contribution in [0.4, 0.5) is 10.1 Å². The van der Waals surface area contributed by atoms with Gasteiger partial charge in [0, 0.05) is 9.64 Å². The first kappa shape index (κ1) is 11.8. The molecule has 0 atom stereocenters. The van der Waals surface area contributed by atoms with Gasteiger partial charge in [0.1, 0.15) is 0 Å². The first-order valence-electron chi connectivity index (χ1n) is 3.69. The van der Waals surface area contributed by atoms with Crippen molar-refractivity contribution in [1.29, 1.82) is 0 Å². The lowest BCUT2D eigenvalue weighted by Gasteiger charge is -2.02. The third-order valence-corrected chi connectivity index (χ3v) is 2.53. The Kier molecular flexibility index (Phi) is 3.56. The average Bonchev–Trinajstić information content (AvgIpc) is 2.16. The summed E-state index contributed by atoms with van der Waals surface area (Å²) in [4.78, 5) is 20.7. The molecule has 0 spiro atoms. The summed E-state index contributed by atoms with van der Waals surface area (Å²) in [6.45, 7) is 0. The Balaban J connectivity index is 3.36. The normalized spacial score (nSPS) is 9.80. The number of halogens is 2. The highest BCUT2D eigenvalue weighted by Gasteiger charge is 2.21. The molecule has 0 aliphatic carbocycles. The second kappa shape index (κ2) is 4.51. The third kappa shape index (κ3) is 2.41. The topological polar surface area (TPSA) is 69.4 Å². The molecule has 0 heterocycles.